The van der Waals surface area contributed by atoms with E-state index in [1.165, 1.54) is 27.7 Å². The first-order valence-corrected chi connectivity index (χ1v) is 13.3. The number of carbonyl (C=O) groups excluding carboxylic acids is 4. The molecule has 1 aromatic heterocycles. The molecule has 1 aliphatic rings. The molecule has 1 unspecified atom stereocenters. The van der Waals surface area contributed by atoms with Gasteiger partial charge in [-0.25, -0.2) is 0 Å². The molecule has 5 atom stereocenters. The summed E-state index contributed by atoms with van der Waals surface area (Å²) in [7, 11) is 0. The number of benzene rings is 1. The SMILES string of the molecule is CC(=O)OC[C@H]1OC(c2ccc(Cl)c(Cc3ccc(Br)s3)c2)[C@@H](OC(C)=O)[C@@H](OC(C)=O)[C@@H]1OC(C)=O. The Balaban J connectivity index is 2.06. The van der Waals surface area contributed by atoms with Crippen molar-refractivity contribution in [3.63, 3.8) is 0 Å². The Bertz CT molecular complexity index is 1170. The largest absolute Gasteiger partial charge is 0.463 e. The van der Waals surface area contributed by atoms with Crippen molar-refractivity contribution in [1.82, 2.24) is 0 Å². The summed E-state index contributed by atoms with van der Waals surface area (Å²) in [5.74, 6) is -2.61. The molecule has 2 aromatic rings. The van der Waals surface area contributed by atoms with Crippen LogP contribution in [0.25, 0.3) is 0 Å². The zero-order valence-electron chi connectivity index (χ0n) is 20.5. The first-order chi connectivity index (χ1) is 17.4. The van der Waals surface area contributed by atoms with E-state index >= 15 is 0 Å². The molecule has 0 bridgehead atoms. The second-order valence-electron chi connectivity index (χ2n) is 8.35. The van der Waals surface area contributed by atoms with Crippen LogP contribution in [0, 0.1) is 0 Å². The molecule has 37 heavy (non-hydrogen) atoms. The van der Waals surface area contributed by atoms with Gasteiger partial charge in [0.05, 0.1) is 3.79 Å². The Morgan fingerprint density at radius 2 is 1.51 bits per heavy atom. The molecule has 1 fully saturated rings. The topological polar surface area (TPSA) is 114 Å². The van der Waals surface area contributed by atoms with Gasteiger partial charge >= 0.3 is 23.9 Å². The molecule has 0 aliphatic carbocycles. The number of halogens is 2. The van der Waals surface area contributed by atoms with Crippen LogP contribution in [0.15, 0.2) is 34.1 Å². The Morgan fingerprint density at radius 1 is 0.892 bits per heavy atom. The fourth-order valence-electron chi connectivity index (χ4n) is 4.04. The van der Waals surface area contributed by atoms with Crippen LogP contribution >= 0.6 is 38.9 Å². The zero-order valence-corrected chi connectivity index (χ0v) is 23.7. The quantitative estimate of drug-likeness (QED) is 0.311. The van der Waals surface area contributed by atoms with Crippen LogP contribution in [-0.4, -0.2) is 54.9 Å². The van der Waals surface area contributed by atoms with Crippen molar-refractivity contribution in [3.05, 3.63) is 55.1 Å². The lowest BCUT2D eigenvalue weighted by Gasteiger charge is -2.44. The van der Waals surface area contributed by atoms with Crippen LogP contribution in [0.5, 0.6) is 0 Å². The number of thiophene rings is 1. The fourth-order valence-corrected chi connectivity index (χ4v) is 5.73. The van der Waals surface area contributed by atoms with Crippen molar-refractivity contribution in [2.24, 2.45) is 0 Å². The van der Waals surface area contributed by atoms with Gasteiger partial charge in [-0.05, 0) is 45.3 Å². The summed E-state index contributed by atoms with van der Waals surface area (Å²) in [6.45, 7) is 4.49. The summed E-state index contributed by atoms with van der Waals surface area (Å²) in [5, 5.41) is 0.527. The smallest absolute Gasteiger partial charge is 0.303 e. The van der Waals surface area contributed by atoms with E-state index in [1.807, 2.05) is 18.2 Å². The van der Waals surface area contributed by atoms with E-state index in [1.54, 1.807) is 23.5 Å². The van der Waals surface area contributed by atoms with Crippen molar-refractivity contribution in [2.45, 2.75) is 64.6 Å². The van der Waals surface area contributed by atoms with E-state index in [4.69, 9.17) is 35.3 Å². The highest BCUT2D eigenvalue weighted by atomic mass is 79.9. The lowest BCUT2D eigenvalue weighted by Crippen LogP contribution is -2.59. The summed E-state index contributed by atoms with van der Waals surface area (Å²) < 4.78 is 28.9. The third-order valence-electron chi connectivity index (χ3n) is 5.38. The summed E-state index contributed by atoms with van der Waals surface area (Å²) >= 11 is 11.5. The van der Waals surface area contributed by atoms with Crippen molar-refractivity contribution in [3.8, 4) is 0 Å². The molecule has 12 heteroatoms. The number of rotatable bonds is 8. The van der Waals surface area contributed by atoms with Gasteiger partial charge in [0.2, 0.25) is 0 Å². The summed E-state index contributed by atoms with van der Waals surface area (Å²) in [4.78, 5) is 48.6. The van der Waals surface area contributed by atoms with E-state index in [2.05, 4.69) is 15.9 Å². The van der Waals surface area contributed by atoms with Crippen molar-refractivity contribution in [2.75, 3.05) is 6.61 Å². The highest BCUT2D eigenvalue weighted by Crippen LogP contribution is 2.39. The molecule has 2 heterocycles. The number of hydrogen-bond acceptors (Lipinski definition) is 10. The van der Waals surface area contributed by atoms with Crippen LogP contribution in [0.4, 0.5) is 0 Å². The Kier molecular flexibility index (Phi) is 10.1. The number of esters is 4. The van der Waals surface area contributed by atoms with E-state index in [-0.39, 0.29) is 6.61 Å². The van der Waals surface area contributed by atoms with Crippen LogP contribution in [0.1, 0.15) is 49.8 Å². The minimum Gasteiger partial charge on any atom is -0.463 e. The van der Waals surface area contributed by atoms with Gasteiger partial charge in [0.25, 0.3) is 0 Å². The van der Waals surface area contributed by atoms with Gasteiger partial charge in [0.1, 0.15) is 18.8 Å². The first kappa shape index (κ1) is 29.1. The molecular weight excluding hydrogens is 592 g/mol. The van der Waals surface area contributed by atoms with E-state index < -0.39 is 54.4 Å². The van der Waals surface area contributed by atoms with E-state index in [0.717, 1.165) is 14.2 Å². The minimum absolute atomic E-state index is 0.294. The monoisotopic (exact) mass is 616 g/mol. The van der Waals surface area contributed by atoms with Gasteiger partial charge in [-0.3, -0.25) is 19.2 Å². The van der Waals surface area contributed by atoms with Crippen molar-refractivity contribution < 1.29 is 42.9 Å². The predicted octanol–water partition coefficient (Wildman–Crippen LogP) is 4.55. The molecule has 0 N–H and O–H groups in total. The molecule has 0 spiro atoms. The van der Waals surface area contributed by atoms with Gasteiger partial charge in [0, 0.05) is 44.0 Å². The number of hydrogen-bond donors (Lipinski definition) is 0. The zero-order chi connectivity index (χ0) is 27.3. The van der Waals surface area contributed by atoms with Gasteiger partial charge in [-0.2, -0.15) is 0 Å². The fraction of sp³-hybridized carbons (Fsp3) is 0.440. The van der Waals surface area contributed by atoms with Crippen LogP contribution in [0.3, 0.4) is 0 Å². The summed E-state index contributed by atoms with van der Waals surface area (Å²) in [6, 6.07) is 9.14. The number of ether oxygens (including phenoxy) is 5. The second kappa shape index (κ2) is 12.9. The normalized spacial score (nSPS) is 23.1. The average molecular weight is 618 g/mol. The van der Waals surface area contributed by atoms with Crippen LogP contribution < -0.4 is 0 Å². The van der Waals surface area contributed by atoms with Gasteiger partial charge in [-0.15, -0.1) is 11.3 Å². The highest BCUT2D eigenvalue weighted by molar-refractivity contribution is 9.11. The lowest BCUT2D eigenvalue weighted by atomic mass is 9.89. The summed E-state index contributed by atoms with van der Waals surface area (Å²) in [6.07, 6.45) is -5.08. The predicted molar refractivity (Wildman–Crippen MR) is 137 cm³/mol. The molecule has 0 saturated carbocycles. The lowest BCUT2D eigenvalue weighted by molar-refractivity contribution is -0.254. The Morgan fingerprint density at radius 3 is 2.08 bits per heavy atom. The van der Waals surface area contributed by atoms with Gasteiger partial charge in [0.15, 0.2) is 18.3 Å². The molecule has 0 radical (unpaired) electrons. The van der Waals surface area contributed by atoms with E-state index in [0.29, 0.717) is 17.0 Å². The van der Waals surface area contributed by atoms with E-state index in [9.17, 15) is 19.2 Å². The van der Waals surface area contributed by atoms with Crippen molar-refractivity contribution in [1.29, 1.82) is 0 Å². The summed E-state index contributed by atoms with van der Waals surface area (Å²) in [5.41, 5.74) is 1.37. The Labute approximate surface area is 231 Å². The molecular formula is C25H26BrClO9S. The standard InChI is InChI=1S/C25H26BrClO9S/c1-12(28)32-11-20-23(33-13(2)29)25(35-15(4)31)24(34-14(3)30)22(36-20)16-5-7-19(27)17(9-16)10-18-6-8-21(26)37-18/h5-9,20,22-25H,10-11H2,1-4H3/t20-,22?,23-,24-,25+/m1/s1. The number of carbonyl (C=O) groups is 4. The third-order valence-corrected chi connectivity index (χ3v) is 7.38. The van der Waals surface area contributed by atoms with Crippen LogP contribution in [0.2, 0.25) is 5.02 Å². The maximum atomic E-state index is 12.1. The Hall–Kier alpha value is -2.47. The van der Waals surface area contributed by atoms with Crippen LogP contribution in [-0.2, 0) is 49.3 Å². The molecule has 3 rings (SSSR count). The highest BCUT2D eigenvalue weighted by Gasteiger charge is 2.52. The molecule has 200 valence electrons. The molecule has 1 saturated heterocycles. The molecule has 0 amide bonds. The maximum Gasteiger partial charge on any atom is 0.303 e. The average Bonchev–Trinajstić information content (AvgIpc) is 3.20. The minimum atomic E-state index is -1.24. The first-order valence-electron chi connectivity index (χ1n) is 11.3. The second-order valence-corrected chi connectivity index (χ2v) is 11.3. The van der Waals surface area contributed by atoms with Gasteiger partial charge < -0.3 is 23.7 Å². The molecule has 9 nitrogen and oxygen atoms in total. The molecule has 1 aliphatic heterocycles. The van der Waals surface area contributed by atoms with Crippen molar-refractivity contribution >= 4 is 62.7 Å². The van der Waals surface area contributed by atoms with Gasteiger partial charge in [-0.1, -0.05) is 23.7 Å². The maximum absolute atomic E-state index is 12.1. The third kappa shape index (κ3) is 8.00. The molecule has 1 aromatic carbocycles.